The maximum Gasteiger partial charge on any atom is 0.178 e. The van der Waals surface area contributed by atoms with Crippen molar-refractivity contribution in [1.82, 2.24) is 0 Å². The molecule has 96 valence electrons. The van der Waals surface area contributed by atoms with Gasteiger partial charge in [0.2, 0.25) is 0 Å². The number of halogens is 1. The maximum absolute atomic E-state index is 13.6. The van der Waals surface area contributed by atoms with Gasteiger partial charge in [0.05, 0.1) is 13.7 Å². The molecule has 0 aliphatic rings. The minimum absolute atomic E-state index is 0.189. The normalized spacial score (nSPS) is 11.5. The predicted octanol–water partition coefficient (Wildman–Crippen LogP) is 0.671. The summed E-state index contributed by atoms with van der Waals surface area (Å²) < 4.78 is 41.2. The molecular formula is C10H14FNO4S. The molecule has 0 aliphatic carbocycles. The van der Waals surface area contributed by atoms with Crippen molar-refractivity contribution in [3.8, 4) is 5.75 Å². The molecule has 0 aromatic heterocycles. The molecule has 0 amide bonds. The van der Waals surface area contributed by atoms with Gasteiger partial charge >= 0.3 is 0 Å². The highest BCUT2D eigenvalue weighted by Crippen LogP contribution is 2.26. The van der Waals surface area contributed by atoms with E-state index < -0.39 is 15.7 Å². The van der Waals surface area contributed by atoms with Gasteiger partial charge in [-0.2, -0.15) is 0 Å². The Labute approximate surface area is 99.2 Å². The number of rotatable bonds is 5. The van der Waals surface area contributed by atoms with E-state index in [1.165, 1.54) is 7.11 Å². The Bertz CT molecular complexity index is 501. The van der Waals surface area contributed by atoms with E-state index in [1.807, 2.05) is 0 Å². The zero-order valence-corrected chi connectivity index (χ0v) is 10.4. The Morgan fingerprint density at radius 3 is 2.53 bits per heavy atom. The van der Waals surface area contributed by atoms with Crippen LogP contribution in [0.25, 0.3) is 0 Å². The number of nitrogens with two attached hydrogens (primary N) is 1. The molecule has 17 heavy (non-hydrogen) atoms. The topological polar surface area (TPSA) is 78.6 Å². The Balaban J connectivity index is 3.25. The van der Waals surface area contributed by atoms with Crippen LogP contribution in [0.3, 0.4) is 0 Å². The van der Waals surface area contributed by atoms with Crippen LogP contribution in [0.2, 0.25) is 0 Å². The highest BCUT2D eigenvalue weighted by molar-refractivity contribution is 7.90. The highest BCUT2D eigenvalue weighted by Gasteiger charge is 2.17. The van der Waals surface area contributed by atoms with Crippen LogP contribution in [0.15, 0.2) is 17.0 Å². The zero-order chi connectivity index (χ0) is 13.1. The SMILES string of the molecule is COc1cc(S(C)(=O)=O)c(F)cc1CCON. The Hall–Kier alpha value is -1.18. The monoisotopic (exact) mass is 263 g/mol. The van der Waals surface area contributed by atoms with Gasteiger partial charge in [0, 0.05) is 18.7 Å². The van der Waals surface area contributed by atoms with Crippen molar-refractivity contribution >= 4 is 9.84 Å². The van der Waals surface area contributed by atoms with E-state index in [1.54, 1.807) is 0 Å². The smallest absolute Gasteiger partial charge is 0.178 e. The number of benzene rings is 1. The van der Waals surface area contributed by atoms with Gasteiger partial charge < -0.3 is 9.57 Å². The number of methoxy groups -OCH3 is 1. The van der Waals surface area contributed by atoms with E-state index in [2.05, 4.69) is 4.84 Å². The second-order valence-electron chi connectivity index (χ2n) is 3.49. The molecule has 0 radical (unpaired) electrons. The van der Waals surface area contributed by atoms with Gasteiger partial charge in [0.15, 0.2) is 9.84 Å². The fourth-order valence-electron chi connectivity index (χ4n) is 1.41. The van der Waals surface area contributed by atoms with Gasteiger partial charge in [0.25, 0.3) is 0 Å². The fourth-order valence-corrected chi connectivity index (χ4v) is 2.15. The third-order valence-electron chi connectivity index (χ3n) is 2.22. The van der Waals surface area contributed by atoms with Crippen LogP contribution >= 0.6 is 0 Å². The van der Waals surface area contributed by atoms with Crippen molar-refractivity contribution in [1.29, 1.82) is 0 Å². The largest absolute Gasteiger partial charge is 0.496 e. The molecule has 0 saturated carbocycles. The van der Waals surface area contributed by atoms with Crippen LogP contribution < -0.4 is 10.6 Å². The maximum atomic E-state index is 13.6. The summed E-state index contributed by atoms with van der Waals surface area (Å²) in [4.78, 5) is 4.00. The van der Waals surface area contributed by atoms with Crippen molar-refractivity contribution in [3.05, 3.63) is 23.5 Å². The van der Waals surface area contributed by atoms with Gasteiger partial charge in [-0.3, -0.25) is 0 Å². The first-order valence-corrected chi connectivity index (χ1v) is 6.67. The lowest BCUT2D eigenvalue weighted by Gasteiger charge is -2.10. The molecule has 1 aromatic carbocycles. The molecule has 0 saturated heterocycles. The van der Waals surface area contributed by atoms with Gasteiger partial charge in [-0.1, -0.05) is 0 Å². The number of hydrogen-bond acceptors (Lipinski definition) is 5. The second-order valence-corrected chi connectivity index (χ2v) is 5.47. The van der Waals surface area contributed by atoms with E-state index in [0.717, 1.165) is 18.4 Å². The molecular weight excluding hydrogens is 249 g/mol. The van der Waals surface area contributed by atoms with Gasteiger partial charge in [-0.15, -0.1) is 0 Å². The average molecular weight is 263 g/mol. The number of hydrogen-bond donors (Lipinski definition) is 1. The summed E-state index contributed by atoms with van der Waals surface area (Å²) in [6, 6.07) is 2.28. The van der Waals surface area contributed by atoms with Gasteiger partial charge in [-0.25, -0.2) is 18.7 Å². The molecule has 0 aliphatic heterocycles. The van der Waals surface area contributed by atoms with Gasteiger partial charge in [0.1, 0.15) is 16.5 Å². The zero-order valence-electron chi connectivity index (χ0n) is 9.57. The summed E-state index contributed by atoms with van der Waals surface area (Å²) >= 11 is 0. The summed E-state index contributed by atoms with van der Waals surface area (Å²) in [7, 11) is -2.23. The first-order chi connectivity index (χ1) is 7.90. The molecule has 0 heterocycles. The molecule has 7 heteroatoms. The number of ether oxygens (including phenoxy) is 1. The van der Waals surface area contributed by atoms with E-state index in [4.69, 9.17) is 10.6 Å². The Kier molecular flexibility index (Phi) is 4.44. The average Bonchev–Trinajstić information content (AvgIpc) is 2.24. The van der Waals surface area contributed by atoms with Crippen molar-refractivity contribution in [3.63, 3.8) is 0 Å². The van der Waals surface area contributed by atoms with Crippen LogP contribution in [-0.4, -0.2) is 28.4 Å². The quantitative estimate of drug-likeness (QED) is 0.790. The third kappa shape index (κ3) is 3.39. The molecule has 0 fully saturated rings. The third-order valence-corrected chi connectivity index (χ3v) is 3.34. The van der Waals surface area contributed by atoms with E-state index in [9.17, 15) is 12.8 Å². The first kappa shape index (κ1) is 13.9. The van der Waals surface area contributed by atoms with Crippen LogP contribution in [0.5, 0.6) is 5.75 Å². The lowest BCUT2D eigenvalue weighted by molar-refractivity contribution is 0.140. The molecule has 0 atom stereocenters. The summed E-state index contributed by atoms with van der Waals surface area (Å²) in [6.07, 6.45) is 1.27. The van der Waals surface area contributed by atoms with Crippen LogP contribution in [0.4, 0.5) is 4.39 Å². The lowest BCUT2D eigenvalue weighted by atomic mass is 10.1. The van der Waals surface area contributed by atoms with Crippen LogP contribution in [0, 0.1) is 5.82 Å². The Morgan fingerprint density at radius 2 is 2.06 bits per heavy atom. The molecule has 1 aromatic rings. The lowest BCUT2D eigenvalue weighted by Crippen LogP contribution is -2.07. The summed E-state index contributed by atoms with van der Waals surface area (Å²) in [5.41, 5.74) is 0.503. The molecule has 5 nitrogen and oxygen atoms in total. The van der Waals surface area contributed by atoms with Crippen molar-refractivity contribution in [2.45, 2.75) is 11.3 Å². The van der Waals surface area contributed by atoms with Gasteiger partial charge in [-0.05, 0) is 11.6 Å². The molecule has 1 rings (SSSR count). The van der Waals surface area contributed by atoms with Crippen LogP contribution in [0.1, 0.15) is 5.56 Å². The minimum Gasteiger partial charge on any atom is -0.496 e. The van der Waals surface area contributed by atoms with Crippen molar-refractivity contribution < 1.29 is 22.4 Å². The second kappa shape index (κ2) is 5.44. The molecule has 0 unspecified atom stereocenters. The molecule has 2 N–H and O–H groups in total. The minimum atomic E-state index is -3.61. The van der Waals surface area contributed by atoms with E-state index in [0.29, 0.717) is 17.7 Å². The van der Waals surface area contributed by atoms with Crippen molar-refractivity contribution in [2.75, 3.05) is 20.0 Å². The number of sulfone groups is 1. The summed E-state index contributed by atoms with van der Waals surface area (Å²) in [6.45, 7) is 0.189. The fraction of sp³-hybridized carbons (Fsp3) is 0.400. The van der Waals surface area contributed by atoms with E-state index in [-0.39, 0.29) is 11.5 Å². The van der Waals surface area contributed by atoms with Crippen LogP contribution in [-0.2, 0) is 21.1 Å². The van der Waals surface area contributed by atoms with Crippen molar-refractivity contribution in [2.24, 2.45) is 5.90 Å². The summed E-state index contributed by atoms with van der Waals surface area (Å²) in [5.74, 6) is 4.36. The Morgan fingerprint density at radius 1 is 1.41 bits per heavy atom. The summed E-state index contributed by atoms with van der Waals surface area (Å²) in [5, 5.41) is 0. The standard InChI is InChI=1S/C10H14FNO4S/c1-15-9-6-10(17(2,13)14)8(11)5-7(9)3-4-16-12/h5-6H,3-4,12H2,1-2H3. The first-order valence-electron chi connectivity index (χ1n) is 4.78. The highest BCUT2D eigenvalue weighted by atomic mass is 32.2. The molecule has 0 bridgehead atoms. The van der Waals surface area contributed by atoms with E-state index >= 15 is 0 Å². The molecule has 0 spiro atoms. The predicted molar refractivity (Wildman–Crippen MR) is 59.9 cm³/mol.